The van der Waals surface area contributed by atoms with E-state index in [-0.39, 0.29) is 12.1 Å². The molecule has 0 saturated carbocycles. The van der Waals surface area contributed by atoms with E-state index >= 15 is 0 Å². The van der Waals surface area contributed by atoms with Gasteiger partial charge >= 0.3 is 5.97 Å². The maximum Gasteiger partial charge on any atom is 0.342 e. The van der Waals surface area contributed by atoms with E-state index in [2.05, 4.69) is 69.5 Å². The van der Waals surface area contributed by atoms with Gasteiger partial charge in [0.2, 0.25) is 0 Å². The summed E-state index contributed by atoms with van der Waals surface area (Å²) in [5.41, 5.74) is 5.27. The molecule has 2 heterocycles. The van der Waals surface area contributed by atoms with Crippen LogP contribution in [-0.2, 0) is 11.3 Å². The number of hydrogen-bond donors (Lipinski definition) is 1. The van der Waals surface area contributed by atoms with Gasteiger partial charge in [0.05, 0.1) is 6.10 Å². The number of esters is 1. The highest BCUT2D eigenvalue weighted by molar-refractivity contribution is 5.94. The Morgan fingerprint density at radius 2 is 1.82 bits per heavy atom. The number of nitrogens with zero attached hydrogens (tertiary/aromatic N) is 3. The third kappa shape index (κ3) is 5.90. The predicted molar refractivity (Wildman–Crippen MR) is 133 cm³/mol. The molecular formula is C27H32N4O2. The highest BCUT2D eigenvalue weighted by atomic mass is 16.5. The molecule has 172 valence electrons. The number of piperazine rings is 1. The average Bonchev–Trinajstić information content (AvgIpc) is 2.81. The molecule has 0 radical (unpaired) electrons. The van der Waals surface area contributed by atoms with Crippen LogP contribution in [0.15, 0.2) is 66.9 Å². The third-order valence-corrected chi connectivity index (χ3v) is 5.78. The summed E-state index contributed by atoms with van der Waals surface area (Å²) in [6.07, 6.45) is 1.58. The molecule has 3 aromatic rings. The van der Waals surface area contributed by atoms with Crippen LogP contribution in [0, 0.1) is 6.92 Å². The number of nitrogens with one attached hydrogen (secondary N) is 1. The van der Waals surface area contributed by atoms with Crippen LogP contribution in [0.4, 0.5) is 17.2 Å². The fourth-order valence-corrected chi connectivity index (χ4v) is 4.08. The zero-order valence-electron chi connectivity index (χ0n) is 19.6. The van der Waals surface area contributed by atoms with E-state index in [1.54, 1.807) is 18.3 Å². The van der Waals surface area contributed by atoms with Crippen molar-refractivity contribution in [2.24, 2.45) is 0 Å². The van der Waals surface area contributed by atoms with Crippen molar-refractivity contribution in [1.82, 2.24) is 9.88 Å². The number of pyridine rings is 1. The van der Waals surface area contributed by atoms with Gasteiger partial charge in [0.15, 0.2) is 0 Å². The molecule has 0 atom stereocenters. The van der Waals surface area contributed by atoms with Gasteiger partial charge in [0, 0.05) is 50.3 Å². The Hall–Kier alpha value is -3.38. The lowest BCUT2D eigenvalue weighted by atomic mass is 10.1. The van der Waals surface area contributed by atoms with Crippen molar-refractivity contribution >= 4 is 23.2 Å². The van der Waals surface area contributed by atoms with Gasteiger partial charge < -0.3 is 15.0 Å². The highest BCUT2D eigenvalue weighted by Gasteiger charge is 2.23. The molecular weight excluding hydrogens is 412 g/mol. The summed E-state index contributed by atoms with van der Waals surface area (Å²) in [6.45, 7) is 10.2. The zero-order chi connectivity index (χ0) is 23.2. The Bertz CT molecular complexity index is 1090. The van der Waals surface area contributed by atoms with Crippen molar-refractivity contribution in [2.45, 2.75) is 33.4 Å². The minimum Gasteiger partial charge on any atom is -0.459 e. The van der Waals surface area contributed by atoms with Gasteiger partial charge in [-0.2, -0.15) is 0 Å². The van der Waals surface area contributed by atoms with E-state index in [1.807, 2.05) is 19.9 Å². The second kappa shape index (κ2) is 10.5. The van der Waals surface area contributed by atoms with E-state index in [4.69, 9.17) is 4.74 Å². The van der Waals surface area contributed by atoms with Crippen LogP contribution in [0.5, 0.6) is 0 Å². The van der Waals surface area contributed by atoms with Gasteiger partial charge in [-0.25, -0.2) is 9.78 Å². The van der Waals surface area contributed by atoms with Crippen LogP contribution in [0.25, 0.3) is 0 Å². The first kappa shape index (κ1) is 22.8. The summed E-state index contributed by atoms with van der Waals surface area (Å²) in [5, 5.41) is 3.53. The lowest BCUT2D eigenvalue weighted by Crippen LogP contribution is -2.46. The van der Waals surface area contributed by atoms with Crippen molar-refractivity contribution in [3.63, 3.8) is 0 Å². The Kier molecular flexibility index (Phi) is 7.25. The van der Waals surface area contributed by atoms with Crippen LogP contribution in [-0.4, -0.2) is 48.1 Å². The number of anilines is 3. The number of benzene rings is 2. The molecule has 1 aliphatic rings. The molecule has 0 bridgehead atoms. The number of ether oxygens (including phenoxy) is 1. The maximum atomic E-state index is 12.5. The number of aromatic nitrogens is 1. The van der Waals surface area contributed by atoms with Crippen LogP contribution in [0.3, 0.4) is 0 Å². The maximum absolute atomic E-state index is 12.5. The number of carbonyl (C=O) groups is 1. The normalized spacial score (nSPS) is 14.4. The number of para-hydroxylation sites is 1. The van der Waals surface area contributed by atoms with Crippen molar-refractivity contribution in [3.05, 3.63) is 83.6 Å². The number of rotatable bonds is 7. The number of aryl methyl sites for hydroxylation is 1. The van der Waals surface area contributed by atoms with Crippen LogP contribution >= 0.6 is 0 Å². The standard InChI is InChI=1S/C27H32N4O2/c1-20(2)33-27(32)24-11-7-13-28-26(24)31-16-14-30(15-17-31)19-22-9-6-10-23(18-22)29-25-12-5-4-8-21(25)3/h4-13,18,20,29H,14-17,19H2,1-3H3. The largest absolute Gasteiger partial charge is 0.459 e. The zero-order valence-corrected chi connectivity index (χ0v) is 19.6. The molecule has 1 saturated heterocycles. The van der Waals surface area contributed by atoms with Crippen molar-refractivity contribution in [3.8, 4) is 0 Å². The summed E-state index contributed by atoms with van der Waals surface area (Å²) in [7, 11) is 0. The number of carbonyl (C=O) groups excluding carboxylic acids is 1. The van der Waals surface area contributed by atoms with Crippen LogP contribution in [0.2, 0.25) is 0 Å². The Morgan fingerprint density at radius 1 is 1.03 bits per heavy atom. The molecule has 0 aliphatic carbocycles. The van der Waals surface area contributed by atoms with E-state index < -0.39 is 0 Å². The fraction of sp³-hybridized carbons (Fsp3) is 0.333. The Labute approximate surface area is 196 Å². The van der Waals surface area contributed by atoms with Crippen molar-refractivity contribution < 1.29 is 9.53 Å². The molecule has 2 aromatic carbocycles. The molecule has 0 amide bonds. The highest BCUT2D eigenvalue weighted by Crippen LogP contribution is 2.23. The molecule has 33 heavy (non-hydrogen) atoms. The predicted octanol–water partition coefficient (Wildman–Crippen LogP) is 5.02. The van der Waals surface area contributed by atoms with E-state index in [0.717, 1.165) is 44.1 Å². The molecule has 6 nitrogen and oxygen atoms in total. The second-order valence-corrected chi connectivity index (χ2v) is 8.73. The SMILES string of the molecule is Cc1ccccc1Nc1cccc(CN2CCN(c3ncccc3C(=O)OC(C)C)CC2)c1. The minimum absolute atomic E-state index is 0.154. The van der Waals surface area contributed by atoms with Gasteiger partial charge in [-0.05, 0) is 62.2 Å². The minimum atomic E-state index is -0.312. The number of hydrogen-bond acceptors (Lipinski definition) is 6. The molecule has 6 heteroatoms. The summed E-state index contributed by atoms with van der Waals surface area (Å²) < 4.78 is 5.41. The van der Waals surface area contributed by atoms with Crippen LogP contribution in [0.1, 0.15) is 35.3 Å². The quantitative estimate of drug-likeness (QED) is 0.517. The summed E-state index contributed by atoms with van der Waals surface area (Å²) in [4.78, 5) is 21.6. The van der Waals surface area contributed by atoms with E-state index in [9.17, 15) is 4.79 Å². The van der Waals surface area contributed by atoms with Gasteiger partial charge in [0.25, 0.3) is 0 Å². The fourth-order valence-electron chi connectivity index (χ4n) is 4.08. The topological polar surface area (TPSA) is 57.7 Å². The van der Waals surface area contributed by atoms with E-state index in [1.165, 1.54) is 11.1 Å². The second-order valence-electron chi connectivity index (χ2n) is 8.73. The molecule has 4 rings (SSSR count). The molecule has 1 aromatic heterocycles. The Balaban J connectivity index is 1.37. The smallest absolute Gasteiger partial charge is 0.342 e. The van der Waals surface area contributed by atoms with Crippen molar-refractivity contribution in [2.75, 3.05) is 36.4 Å². The first-order valence-corrected chi connectivity index (χ1v) is 11.5. The van der Waals surface area contributed by atoms with Gasteiger partial charge in [-0.1, -0.05) is 30.3 Å². The lowest BCUT2D eigenvalue weighted by molar-refractivity contribution is 0.0378. The lowest BCUT2D eigenvalue weighted by Gasteiger charge is -2.36. The molecule has 1 aliphatic heterocycles. The molecule has 1 fully saturated rings. The monoisotopic (exact) mass is 444 g/mol. The molecule has 0 spiro atoms. The summed E-state index contributed by atoms with van der Waals surface area (Å²) in [6, 6.07) is 20.5. The average molecular weight is 445 g/mol. The van der Waals surface area contributed by atoms with Gasteiger partial charge in [-0.15, -0.1) is 0 Å². The molecule has 1 N–H and O–H groups in total. The van der Waals surface area contributed by atoms with Gasteiger partial charge in [0.1, 0.15) is 11.4 Å². The summed E-state index contributed by atoms with van der Waals surface area (Å²) in [5.74, 6) is 0.403. The van der Waals surface area contributed by atoms with Crippen LogP contribution < -0.4 is 10.2 Å². The first-order valence-electron chi connectivity index (χ1n) is 11.5. The summed E-state index contributed by atoms with van der Waals surface area (Å²) >= 11 is 0. The first-order chi connectivity index (χ1) is 16.0. The van der Waals surface area contributed by atoms with Gasteiger partial charge in [-0.3, -0.25) is 4.90 Å². The van der Waals surface area contributed by atoms with Crippen molar-refractivity contribution in [1.29, 1.82) is 0 Å². The Morgan fingerprint density at radius 3 is 2.58 bits per heavy atom. The van der Waals surface area contributed by atoms with E-state index in [0.29, 0.717) is 11.4 Å². The molecule has 0 unspecified atom stereocenters. The third-order valence-electron chi connectivity index (χ3n) is 5.78.